The molecule has 1 aromatic heterocycles. The van der Waals surface area contributed by atoms with E-state index in [1.54, 1.807) is 23.7 Å². The minimum atomic E-state index is -0.304. The number of halogens is 1. The van der Waals surface area contributed by atoms with E-state index in [4.69, 9.17) is 0 Å². The van der Waals surface area contributed by atoms with Gasteiger partial charge in [0.25, 0.3) is 0 Å². The van der Waals surface area contributed by atoms with Gasteiger partial charge < -0.3 is 4.90 Å². The Kier molecular flexibility index (Phi) is 4.83. The first-order valence-corrected chi connectivity index (χ1v) is 7.79. The Hall–Kier alpha value is -1.62. The molecule has 0 saturated heterocycles. The number of hydrogen-bond donors (Lipinski definition) is 0. The van der Waals surface area contributed by atoms with Crippen LogP contribution in [0.1, 0.15) is 25.5 Å². The van der Waals surface area contributed by atoms with Gasteiger partial charge in [0.05, 0.1) is 5.69 Å². The zero-order valence-corrected chi connectivity index (χ0v) is 14.4. The molecule has 2 aromatic rings. The molecule has 0 aliphatic carbocycles. The number of aryl methyl sites for hydroxylation is 1. The molecular weight excluding hydrogens is 330 g/mol. The predicted molar refractivity (Wildman–Crippen MR) is 88.1 cm³/mol. The van der Waals surface area contributed by atoms with Crippen molar-refractivity contribution in [3.05, 3.63) is 40.5 Å². The van der Waals surface area contributed by atoms with Crippen molar-refractivity contribution < 1.29 is 4.79 Å². The van der Waals surface area contributed by atoms with Crippen LogP contribution < -0.4 is 0 Å². The van der Waals surface area contributed by atoms with Gasteiger partial charge in [-0.25, -0.2) is 0 Å². The van der Waals surface area contributed by atoms with E-state index in [1.165, 1.54) is 0 Å². The highest BCUT2D eigenvalue weighted by atomic mass is 79.9. The Morgan fingerprint density at radius 2 is 2.05 bits per heavy atom. The van der Waals surface area contributed by atoms with E-state index in [1.807, 2.05) is 37.4 Å². The summed E-state index contributed by atoms with van der Waals surface area (Å²) in [7, 11) is 3.52. The van der Waals surface area contributed by atoms with Crippen LogP contribution in [0.25, 0.3) is 11.3 Å². The summed E-state index contributed by atoms with van der Waals surface area (Å²) in [4.78, 5) is 13.7. The molecular formula is C16H20BrN3O. The van der Waals surface area contributed by atoms with Gasteiger partial charge in [-0.05, 0) is 25.0 Å². The van der Waals surface area contributed by atoms with E-state index < -0.39 is 0 Å². The Labute approximate surface area is 133 Å². The molecule has 0 spiro atoms. The highest BCUT2D eigenvalue weighted by Gasteiger charge is 2.20. The molecule has 0 aliphatic rings. The quantitative estimate of drug-likeness (QED) is 0.846. The van der Waals surface area contributed by atoms with E-state index >= 15 is 0 Å². The number of aromatic nitrogens is 2. The lowest BCUT2D eigenvalue weighted by molar-refractivity contribution is -0.131. The van der Waals surface area contributed by atoms with Crippen molar-refractivity contribution in [1.29, 1.82) is 0 Å². The van der Waals surface area contributed by atoms with E-state index in [9.17, 15) is 4.79 Å². The smallest absolute Gasteiger partial charge is 0.246 e. The summed E-state index contributed by atoms with van der Waals surface area (Å²) >= 11 is 3.57. The zero-order valence-electron chi connectivity index (χ0n) is 12.8. The Balaban J connectivity index is 2.46. The van der Waals surface area contributed by atoms with Crippen molar-refractivity contribution in [3.8, 4) is 11.3 Å². The second-order valence-electron chi connectivity index (χ2n) is 5.22. The van der Waals surface area contributed by atoms with E-state index in [0.29, 0.717) is 0 Å². The fourth-order valence-electron chi connectivity index (χ4n) is 2.25. The SMILES string of the molecule is CCc1cn(C(C)C(=O)N(C)C)nc1-c1ccccc1Br. The van der Waals surface area contributed by atoms with Gasteiger partial charge in [0.15, 0.2) is 0 Å². The van der Waals surface area contributed by atoms with E-state index in [2.05, 4.69) is 28.0 Å². The molecule has 112 valence electrons. The lowest BCUT2D eigenvalue weighted by Gasteiger charge is -2.16. The molecule has 0 fully saturated rings. The Morgan fingerprint density at radius 3 is 2.62 bits per heavy atom. The normalized spacial score (nSPS) is 12.2. The molecule has 0 saturated carbocycles. The van der Waals surface area contributed by atoms with Crippen molar-refractivity contribution in [2.24, 2.45) is 0 Å². The van der Waals surface area contributed by atoms with Crippen molar-refractivity contribution in [1.82, 2.24) is 14.7 Å². The van der Waals surface area contributed by atoms with Crippen LogP contribution in [0, 0.1) is 0 Å². The number of carbonyl (C=O) groups is 1. The summed E-state index contributed by atoms with van der Waals surface area (Å²) in [6.07, 6.45) is 2.85. The number of hydrogen-bond acceptors (Lipinski definition) is 2. The van der Waals surface area contributed by atoms with Gasteiger partial charge in [-0.3, -0.25) is 9.48 Å². The van der Waals surface area contributed by atoms with Crippen molar-refractivity contribution in [3.63, 3.8) is 0 Å². The molecule has 1 heterocycles. The van der Waals surface area contributed by atoms with Crippen molar-refractivity contribution in [2.75, 3.05) is 14.1 Å². The number of rotatable bonds is 4. The summed E-state index contributed by atoms with van der Waals surface area (Å²) in [6, 6.07) is 7.71. The first-order chi connectivity index (χ1) is 9.95. The predicted octanol–water partition coefficient (Wildman–Crippen LogP) is 3.52. The van der Waals surface area contributed by atoms with Crippen LogP contribution in [0.3, 0.4) is 0 Å². The highest BCUT2D eigenvalue weighted by molar-refractivity contribution is 9.10. The average Bonchev–Trinajstić information content (AvgIpc) is 2.90. The van der Waals surface area contributed by atoms with Gasteiger partial charge in [0.2, 0.25) is 5.91 Å². The topological polar surface area (TPSA) is 38.1 Å². The standard InChI is InChI=1S/C16H20BrN3O/c1-5-12-10-20(11(2)16(21)19(3)4)18-15(12)13-8-6-7-9-14(13)17/h6-11H,5H2,1-4H3. The highest BCUT2D eigenvalue weighted by Crippen LogP contribution is 2.30. The van der Waals surface area contributed by atoms with Gasteiger partial charge in [-0.15, -0.1) is 0 Å². The monoisotopic (exact) mass is 349 g/mol. The molecule has 0 aliphatic heterocycles. The van der Waals surface area contributed by atoms with Gasteiger partial charge in [0.1, 0.15) is 6.04 Å². The lowest BCUT2D eigenvalue weighted by Crippen LogP contribution is -2.30. The number of amides is 1. The molecule has 0 N–H and O–H groups in total. The average molecular weight is 350 g/mol. The van der Waals surface area contributed by atoms with Crippen LogP contribution in [0.4, 0.5) is 0 Å². The molecule has 0 radical (unpaired) electrons. The Bertz CT molecular complexity index is 649. The summed E-state index contributed by atoms with van der Waals surface area (Å²) in [5.74, 6) is 0.0406. The fourth-order valence-corrected chi connectivity index (χ4v) is 2.73. The van der Waals surface area contributed by atoms with Crippen molar-refractivity contribution in [2.45, 2.75) is 26.3 Å². The maximum Gasteiger partial charge on any atom is 0.246 e. The van der Waals surface area contributed by atoms with Crippen LogP contribution in [0.5, 0.6) is 0 Å². The zero-order chi connectivity index (χ0) is 15.6. The molecule has 0 bridgehead atoms. The first kappa shape index (κ1) is 15.8. The lowest BCUT2D eigenvalue weighted by atomic mass is 10.1. The molecule has 1 unspecified atom stereocenters. The van der Waals surface area contributed by atoms with E-state index in [-0.39, 0.29) is 11.9 Å². The third-order valence-corrected chi connectivity index (χ3v) is 4.20. The second kappa shape index (κ2) is 6.43. The summed E-state index contributed by atoms with van der Waals surface area (Å²) < 4.78 is 2.77. The molecule has 4 nitrogen and oxygen atoms in total. The second-order valence-corrected chi connectivity index (χ2v) is 6.08. The first-order valence-electron chi connectivity index (χ1n) is 6.99. The number of benzene rings is 1. The summed E-state index contributed by atoms with van der Waals surface area (Å²) in [6.45, 7) is 3.97. The molecule has 21 heavy (non-hydrogen) atoms. The van der Waals surface area contributed by atoms with E-state index in [0.717, 1.165) is 27.7 Å². The maximum absolute atomic E-state index is 12.1. The fraction of sp³-hybridized carbons (Fsp3) is 0.375. The molecule has 2 rings (SSSR count). The Morgan fingerprint density at radius 1 is 1.38 bits per heavy atom. The third-order valence-electron chi connectivity index (χ3n) is 3.51. The minimum absolute atomic E-state index is 0.0406. The molecule has 5 heteroatoms. The minimum Gasteiger partial charge on any atom is -0.347 e. The number of likely N-dealkylation sites (N-methyl/N-ethyl adjacent to an activating group) is 1. The van der Waals surface area contributed by atoms with Crippen LogP contribution in [0.15, 0.2) is 34.9 Å². The maximum atomic E-state index is 12.1. The van der Waals surface area contributed by atoms with Gasteiger partial charge in [-0.1, -0.05) is 41.1 Å². The molecule has 1 atom stereocenters. The number of nitrogens with zero attached hydrogens (tertiary/aromatic N) is 3. The molecule has 1 aromatic carbocycles. The number of carbonyl (C=O) groups excluding carboxylic acids is 1. The van der Waals surface area contributed by atoms with Gasteiger partial charge >= 0.3 is 0 Å². The van der Waals surface area contributed by atoms with Crippen LogP contribution in [-0.2, 0) is 11.2 Å². The van der Waals surface area contributed by atoms with Crippen LogP contribution in [0.2, 0.25) is 0 Å². The van der Waals surface area contributed by atoms with Crippen LogP contribution >= 0.6 is 15.9 Å². The summed E-state index contributed by atoms with van der Waals surface area (Å²) in [5.41, 5.74) is 3.13. The largest absolute Gasteiger partial charge is 0.347 e. The van der Waals surface area contributed by atoms with Crippen molar-refractivity contribution >= 4 is 21.8 Å². The summed E-state index contributed by atoms with van der Waals surface area (Å²) in [5, 5.41) is 4.65. The molecule has 1 amide bonds. The van der Waals surface area contributed by atoms with Crippen LogP contribution in [-0.4, -0.2) is 34.7 Å². The van der Waals surface area contributed by atoms with Gasteiger partial charge in [-0.2, -0.15) is 5.10 Å². The van der Waals surface area contributed by atoms with Gasteiger partial charge in [0, 0.05) is 30.3 Å². The third kappa shape index (κ3) is 3.18.